The van der Waals surface area contributed by atoms with Crippen molar-refractivity contribution in [2.45, 2.75) is 12.6 Å². The summed E-state index contributed by atoms with van der Waals surface area (Å²) in [6, 6.07) is 22.1. The van der Waals surface area contributed by atoms with Crippen molar-refractivity contribution in [1.29, 1.82) is 0 Å². The number of nitrogens with zero attached hydrogens (tertiary/aromatic N) is 2. The zero-order chi connectivity index (χ0) is 29.8. The molecule has 1 aliphatic rings. The van der Waals surface area contributed by atoms with E-state index in [4.69, 9.17) is 4.74 Å². The lowest BCUT2D eigenvalue weighted by Crippen LogP contribution is -2.46. The highest BCUT2D eigenvalue weighted by molar-refractivity contribution is 6.52. The van der Waals surface area contributed by atoms with E-state index in [0.29, 0.717) is 22.6 Å². The molecule has 0 saturated carbocycles. The number of methoxy groups -OCH3 is 1. The van der Waals surface area contributed by atoms with Gasteiger partial charge in [-0.1, -0.05) is 36.4 Å². The largest absolute Gasteiger partial charge is 0.497 e. The summed E-state index contributed by atoms with van der Waals surface area (Å²) in [5.41, 5.74) is 1.66. The van der Waals surface area contributed by atoms with Gasteiger partial charge >= 0.3 is 0 Å². The SMILES string of the molecule is COc1ccc(NC(=O)C(c2ccc(F)cc2)N(Cc2ccc(F)cc2)C(=O)CN2C(=O)C(=O)c3ccccc32)cc1. The van der Waals surface area contributed by atoms with Crippen LogP contribution in [0.2, 0.25) is 0 Å². The molecule has 1 heterocycles. The smallest absolute Gasteiger partial charge is 0.299 e. The molecule has 212 valence electrons. The summed E-state index contributed by atoms with van der Waals surface area (Å²) in [6.07, 6.45) is 0. The second-order valence-corrected chi connectivity index (χ2v) is 9.56. The minimum atomic E-state index is -1.30. The highest BCUT2D eigenvalue weighted by atomic mass is 19.1. The number of carbonyl (C=O) groups excluding carboxylic acids is 4. The predicted molar refractivity (Wildman–Crippen MR) is 151 cm³/mol. The molecule has 0 aromatic heterocycles. The molecule has 0 fully saturated rings. The third-order valence-corrected chi connectivity index (χ3v) is 6.86. The summed E-state index contributed by atoms with van der Waals surface area (Å²) in [5, 5.41) is 2.78. The minimum Gasteiger partial charge on any atom is -0.497 e. The van der Waals surface area contributed by atoms with Gasteiger partial charge < -0.3 is 15.0 Å². The second-order valence-electron chi connectivity index (χ2n) is 9.56. The monoisotopic (exact) mass is 569 g/mol. The second kappa shape index (κ2) is 12.0. The fourth-order valence-electron chi connectivity index (χ4n) is 4.74. The Bertz CT molecular complexity index is 1640. The fourth-order valence-corrected chi connectivity index (χ4v) is 4.74. The van der Waals surface area contributed by atoms with Crippen molar-refractivity contribution in [2.24, 2.45) is 0 Å². The molecule has 0 radical (unpaired) electrons. The van der Waals surface area contributed by atoms with Gasteiger partial charge in [0.05, 0.1) is 18.4 Å². The van der Waals surface area contributed by atoms with Crippen LogP contribution in [0.5, 0.6) is 5.75 Å². The van der Waals surface area contributed by atoms with Gasteiger partial charge in [0.25, 0.3) is 17.6 Å². The van der Waals surface area contributed by atoms with Crippen molar-refractivity contribution in [1.82, 2.24) is 4.90 Å². The zero-order valence-corrected chi connectivity index (χ0v) is 22.4. The molecule has 4 aromatic carbocycles. The summed E-state index contributed by atoms with van der Waals surface area (Å²) >= 11 is 0. The number of rotatable bonds is 9. The molecular formula is C32H25F2N3O5. The van der Waals surface area contributed by atoms with Crippen molar-refractivity contribution in [3.8, 4) is 5.75 Å². The van der Waals surface area contributed by atoms with E-state index in [9.17, 15) is 28.0 Å². The zero-order valence-electron chi connectivity index (χ0n) is 22.4. The van der Waals surface area contributed by atoms with Crippen LogP contribution in [0.3, 0.4) is 0 Å². The average molecular weight is 570 g/mol. The number of Topliss-reactive ketones (excluding diaryl/α,β-unsaturated/α-hetero) is 1. The molecule has 4 aromatic rings. The van der Waals surface area contributed by atoms with Crippen molar-refractivity contribution < 1.29 is 32.7 Å². The summed E-state index contributed by atoms with van der Waals surface area (Å²) in [5.74, 6) is -3.35. The third kappa shape index (κ3) is 5.87. The lowest BCUT2D eigenvalue weighted by molar-refractivity contribution is -0.139. The van der Waals surface area contributed by atoms with Crippen LogP contribution in [0.25, 0.3) is 0 Å². The number of halogens is 2. The van der Waals surface area contributed by atoms with E-state index in [1.54, 1.807) is 42.5 Å². The average Bonchev–Trinajstić information content (AvgIpc) is 3.24. The first kappa shape index (κ1) is 28.2. The van der Waals surface area contributed by atoms with E-state index in [0.717, 1.165) is 4.90 Å². The number of hydrogen-bond donors (Lipinski definition) is 1. The Hall–Kier alpha value is -5.38. The molecule has 3 amide bonds. The Labute approximate surface area is 240 Å². The van der Waals surface area contributed by atoms with E-state index in [1.165, 1.54) is 66.6 Å². The van der Waals surface area contributed by atoms with Gasteiger partial charge in [-0.2, -0.15) is 0 Å². The maximum atomic E-state index is 14.0. The van der Waals surface area contributed by atoms with Crippen LogP contribution in [-0.4, -0.2) is 42.1 Å². The summed E-state index contributed by atoms with van der Waals surface area (Å²) < 4.78 is 32.8. The molecule has 8 nitrogen and oxygen atoms in total. The number of nitrogens with one attached hydrogen (secondary N) is 1. The van der Waals surface area contributed by atoms with E-state index >= 15 is 0 Å². The number of ether oxygens (including phenoxy) is 1. The molecule has 10 heteroatoms. The Morgan fingerprint density at radius 3 is 2.12 bits per heavy atom. The van der Waals surface area contributed by atoms with Gasteiger partial charge in [-0.15, -0.1) is 0 Å². The van der Waals surface area contributed by atoms with Gasteiger partial charge in [-0.3, -0.25) is 24.1 Å². The fraction of sp³-hybridized carbons (Fsp3) is 0.125. The lowest BCUT2D eigenvalue weighted by atomic mass is 10.0. The molecule has 0 saturated heterocycles. The molecule has 1 aliphatic heterocycles. The minimum absolute atomic E-state index is 0.158. The number of carbonyl (C=O) groups is 4. The van der Waals surface area contributed by atoms with Gasteiger partial charge in [0, 0.05) is 12.2 Å². The van der Waals surface area contributed by atoms with E-state index in [1.807, 2.05) is 0 Å². The Morgan fingerprint density at radius 1 is 0.857 bits per heavy atom. The molecule has 0 spiro atoms. The van der Waals surface area contributed by atoms with Crippen LogP contribution in [0.1, 0.15) is 27.5 Å². The number of hydrogen-bond acceptors (Lipinski definition) is 5. The number of benzene rings is 4. The summed E-state index contributed by atoms with van der Waals surface area (Å²) in [6.45, 7) is -0.703. The predicted octanol–water partition coefficient (Wildman–Crippen LogP) is 4.91. The maximum absolute atomic E-state index is 14.0. The first-order valence-corrected chi connectivity index (χ1v) is 12.9. The number of para-hydroxylation sites is 1. The Morgan fingerprint density at radius 2 is 1.48 bits per heavy atom. The van der Waals surface area contributed by atoms with Gasteiger partial charge in [0.15, 0.2) is 0 Å². The van der Waals surface area contributed by atoms with E-state index in [-0.39, 0.29) is 17.8 Å². The van der Waals surface area contributed by atoms with Crippen LogP contribution < -0.4 is 15.0 Å². The van der Waals surface area contributed by atoms with Crippen LogP contribution in [0.15, 0.2) is 97.1 Å². The normalized spacial score (nSPS) is 13.0. The molecule has 42 heavy (non-hydrogen) atoms. The Balaban J connectivity index is 1.54. The van der Waals surface area contributed by atoms with Crippen LogP contribution in [0.4, 0.5) is 20.2 Å². The Kier molecular flexibility index (Phi) is 8.05. The first-order chi connectivity index (χ1) is 20.2. The molecule has 1 N–H and O–H groups in total. The molecule has 0 bridgehead atoms. The summed E-state index contributed by atoms with van der Waals surface area (Å²) in [4.78, 5) is 55.6. The van der Waals surface area contributed by atoms with Crippen LogP contribution in [-0.2, 0) is 20.9 Å². The maximum Gasteiger partial charge on any atom is 0.299 e. The highest BCUT2D eigenvalue weighted by Gasteiger charge is 2.39. The van der Waals surface area contributed by atoms with Gasteiger partial charge in [-0.05, 0) is 71.8 Å². The molecule has 5 rings (SSSR count). The molecule has 1 atom stereocenters. The highest BCUT2D eigenvalue weighted by Crippen LogP contribution is 2.31. The van der Waals surface area contributed by atoms with Gasteiger partial charge in [-0.25, -0.2) is 8.78 Å². The topological polar surface area (TPSA) is 96.0 Å². The first-order valence-electron chi connectivity index (χ1n) is 12.9. The molecular weight excluding hydrogens is 544 g/mol. The van der Waals surface area contributed by atoms with Crippen molar-refractivity contribution in [2.75, 3.05) is 23.9 Å². The third-order valence-electron chi connectivity index (χ3n) is 6.86. The van der Waals surface area contributed by atoms with Crippen molar-refractivity contribution in [3.05, 3.63) is 125 Å². The summed E-state index contributed by atoms with van der Waals surface area (Å²) in [7, 11) is 1.51. The van der Waals surface area contributed by atoms with Crippen molar-refractivity contribution >= 4 is 34.9 Å². The standard InChI is InChI=1S/C32H25F2N3O5/c1-42-25-16-14-24(15-17-25)35-31(40)29(21-8-12-23(34)13-9-21)37(18-20-6-10-22(33)11-7-20)28(38)19-36-27-5-3-2-4-26(27)30(39)32(36)41/h2-17,29H,18-19H2,1H3,(H,35,40). The number of ketones is 1. The van der Waals surface area contributed by atoms with Crippen molar-refractivity contribution in [3.63, 3.8) is 0 Å². The van der Waals surface area contributed by atoms with E-state index < -0.39 is 47.7 Å². The molecule has 1 unspecified atom stereocenters. The van der Waals surface area contributed by atoms with Crippen LogP contribution >= 0.6 is 0 Å². The molecule has 0 aliphatic carbocycles. The lowest BCUT2D eigenvalue weighted by Gasteiger charge is -2.33. The number of anilines is 2. The van der Waals surface area contributed by atoms with Crippen LogP contribution in [0, 0.1) is 11.6 Å². The number of fused-ring (bicyclic) bond motifs is 1. The quantitative estimate of drug-likeness (QED) is 0.289. The van der Waals surface area contributed by atoms with Gasteiger partial charge in [0.2, 0.25) is 5.91 Å². The van der Waals surface area contributed by atoms with E-state index in [2.05, 4.69) is 5.32 Å². The number of amides is 3. The van der Waals surface area contributed by atoms with Gasteiger partial charge in [0.1, 0.15) is 30.0 Å².